The van der Waals surface area contributed by atoms with Gasteiger partial charge in [-0.2, -0.15) is 0 Å². The number of aliphatic hydroxyl groups excluding tert-OH is 1. The van der Waals surface area contributed by atoms with Crippen molar-refractivity contribution in [3.05, 3.63) is 108 Å². The molecule has 3 heterocycles. The van der Waals surface area contributed by atoms with Crippen molar-refractivity contribution in [2.24, 2.45) is 0 Å². The van der Waals surface area contributed by atoms with Crippen molar-refractivity contribution in [1.29, 1.82) is 0 Å². The number of aromatic nitrogens is 3. The third-order valence-corrected chi connectivity index (χ3v) is 6.80. The minimum Gasteiger partial charge on any atom is -0.490 e. The zero-order valence-corrected chi connectivity index (χ0v) is 22.0. The van der Waals surface area contributed by atoms with E-state index in [9.17, 15) is 14.7 Å². The smallest absolute Gasteiger partial charge is 0.279 e. The molecule has 9 heteroatoms. The maximum absolute atomic E-state index is 14.2. The number of H-pyrrole nitrogens is 1. The zero-order valence-electron chi connectivity index (χ0n) is 22.0. The summed E-state index contributed by atoms with van der Waals surface area (Å²) >= 11 is 0. The van der Waals surface area contributed by atoms with Crippen LogP contribution in [-0.4, -0.2) is 44.6 Å². The van der Waals surface area contributed by atoms with Crippen LogP contribution in [0.3, 0.4) is 0 Å². The number of nitrogens with zero attached hydrogens (tertiary/aromatic N) is 3. The standard InChI is InChI=1S/C30H31N5O4/c1-30(2,3)20-10-12-21(13-11-20)35(29(38)23-16-32-18-33-23)27(19-7-6-14-31-15-19)28(37)34-26-22-8-4-5-9-25(22)39-17-24(26)36/h4-16,18,24,26-27,36H,17H2,1-3H3,(H,32,33)(H,34,37)/t24-,26-,27?/m1/s1. The Balaban J connectivity index is 1.59. The molecule has 3 N–H and O–H groups in total. The number of aromatic amines is 1. The average molecular weight is 526 g/mol. The summed E-state index contributed by atoms with van der Waals surface area (Å²) < 4.78 is 5.65. The number of fused-ring (bicyclic) bond motifs is 1. The first-order valence-electron chi connectivity index (χ1n) is 12.8. The van der Waals surface area contributed by atoms with Crippen LogP contribution in [0, 0.1) is 0 Å². The molecule has 200 valence electrons. The molecule has 2 aromatic heterocycles. The summed E-state index contributed by atoms with van der Waals surface area (Å²) in [5.74, 6) is -0.350. The molecule has 5 rings (SSSR count). The molecule has 3 atom stereocenters. The first-order valence-corrected chi connectivity index (χ1v) is 12.8. The number of amides is 2. The van der Waals surface area contributed by atoms with Gasteiger partial charge in [0.25, 0.3) is 5.91 Å². The number of pyridine rings is 1. The van der Waals surface area contributed by atoms with E-state index in [-0.39, 0.29) is 17.7 Å². The number of hydrogen-bond donors (Lipinski definition) is 3. The number of para-hydroxylation sites is 1. The van der Waals surface area contributed by atoms with E-state index in [0.717, 1.165) is 5.56 Å². The average Bonchev–Trinajstić information content (AvgIpc) is 3.48. The van der Waals surface area contributed by atoms with Crippen LogP contribution in [0.5, 0.6) is 5.75 Å². The fourth-order valence-corrected chi connectivity index (χ4v) is 4.72. The van der Waals surface area contributed by atoms with E-state index in [1.54, 1.807) is 36.7 Å². The Morgan fingerprint density at radius 3 is 2.54 bits per heavy atom. The second-order valence-corrected chi connectivity index (χ2v) is 10.5. The largest absolute Gasteiger partial charge is 0.490 e. The fraction of sp³-hybridized carbons (Fsp3) is 0.267. The number of imidazole rings is 1. The summed E-state index contributed by atoms with van der Waals surface area (Å²) in [4.78, 5) is 40.7. The van der Waals surface area contributed by atoms with Gasteiger partial charge in [0.1, 0.15) is 30.2 Å². The van der Waals surface area contributed by atoms with E-state index in [0.29, 0.717) is 22.6 Å². The molecule has 0 saturated heterocycles. The van der Waals surface area contributed by atoms with Gasteiger partial charge in [0, 0.05) is 35.4 Å². The topological polar surface area (TPSA) is 120 Å². The van der Waals surface area contributed by atoms with Crippen LogP contribution >= 0.6 is 0 Å². The summed E-state index contributed by atoms with van der Waals surface area (Å²) in [5, 5.41) is 13.8. The van der Waals surface area contributed by atoms with E-state index < -0.39 is 30.0 Å². The van der Waals surface area contributed by atoms with Crippen LogP contribution in [0.1, 0.15) is 60.0 Å². The van der Waals surface area contributed by atoms with E-state index in [1.165, 1.54) is 17.4 Å². The van der Waals surface area contributed by atoms with Crippen molar-refractivity contribution >= 4 is 17.5 Å². The van der Waals surface area contributed by atoms with Crippen molar-refractivity contribution in [2.75, 3.05) is 11.5 Å². The van der Waals surface area contributed by atoms with Crippen molar-refractivity contribution < 1.29 is 19.4 Å². The van der Waals surface area contributed by atoms with Crippen molar-refractivity contribution in [1.82, 2.24) is 20.3 Å². The van der Waals surface area contributed by atoms with E-state index in [4.69, 9.17) is 4.74 Å². The van der Waals surface area contributed by atoms with Crippen molar-refractivity contribution in [3.63, 3.8) is 0 Å². The van der Waals surface area contributed by atoms with Crippen molar-refractivity contribution in [3.8, 4) is 5.75 Å². The molecule has 0 radical (unpaired) electrons. The first-order chi connectivity index (χ1) is 18.7. The molecular formula is C30H31N5O4. The maximum atomic E-state index is 14.2. The van der Waals surface area contributed by atoms with Gasteiger partial charge in [0.2, 0.25) is 5.91 Å². The quantitative estimate of drug-likeness (QED) is 0.349. The SMILES string of the molecule is CC(C)(C)c1ccc(N(C(=O)c2c[nH]cn2)C(C(=O)N[C@@H]2c3ccccc3OC[C@H]2O)c2cccnc2)cc1. The number of benzene rings is 2. The van der Waals surface area contributed by atoms with Gasteiger partial charge in [-0.3, -0.25) is 19.5 Å². The third kappa shape index (κ3) is 5.39. The Kier molecular flexibility index (Phi) is 7.17. The van der Waals surface area contributed by atoms with Gasteiger partial charge < -0.3 is 20.1 Å². The molecule has 0 bridgehead atoms. The lowest BCUT2D eigenvalue weighted by Crippen LogP contribution is -2.48. The van der Waals surface area contributed by atoms with Crippen LogP contribution in [0.25, 0.3) is 0 Å². The minimum absolute atomic E-state index is 0.0314. The predicted octanol–water partition coefficient (Wildman–Crippen LogP) is 4.10. The highest BCUT2D eigenvalue weighted by molar-refractivity contribution is 6.09. The van der Waals surface area contributed by atoms with Crippen LogP contribution in [0.2, 0.25) is 0 Å². The number of carbonyl (C=O) groups is 2. The van der Waals surface area contributed by atoms with Gasteiger partial charge in [-0.1, -0.05) is 57.2 Å². The summed E-state index contributed by atoms with van der Waals surface area (Å²) in [5.41, 5.74) is 2.84. The molecule has 9 nitrogen and oxygen atoms in total. The number of anilines is 1. The number of rotatable bonds is 6. The second kappa shape index (κ2) is 10.7. The molecule has 2 aromatic carbocycles. The van der Waals surface area contributed by atoms with Crippen LogP contribution in [-0.2, 0) is 10.2 Å². The van der Waals surface area contributed by atoms with Crippen LogP contribution < -0.4 is 15.0 Å². The van der Waals surface area contributed by atoms with Crippen LogP contribution in [0.15, 0.2) is 85.6 Å². The lowest BCUT2D eigenvalue weighted by molar-refractivity contribution is -0.124. The van der Waals surface area contributed by atoms with E-state index in [2.05, 4.69) is 41.0 Å². The van der Waals surface area contributed by atoms with Crippen molar-refractivity contribution in [2.45, 2.75) is 44.4 Å². The monoisotopic (exact) mass is 525 g/mol. The summed E-state index contributed by atoms with van der Waals surface area (Å²) in [6, 6.07) is 16.5. The van der Waals surface area contributed by atoms with Gasteiger partial charge in [-0.15, -0.1) is 0 Å². The lowest BCUT2D eigenvalue weighted by atomic mass is 9.87. The molecule has 0 spiro atoms. The molecule has 0 fully saturated rings. The Labute approximate surface area is 226 Å². The normalized spacial score (nSPS) is 17.4. The first kappa shape index (κ1) is 26.1. The minimum atomic E-state index is -1.11. The number of aliphatic hydroxyl groups is 1. The molecule has 4 aromatic rings. The van der Waals surface area contributed by atoms with Crippen LogP contribution in [0.4, 0.5) is 5.69 Å². The molecular weight excluding hydrogens is 494 g/mol. The van der Waals surface area contributed by atoms with Gasteiger partial charge in [0.15, 0.2) is 0 Å². The highest BCUT2D eigenvalue weighted by Crippen LogP contribution is 2.35. The van der Waals surface area contributed by atoms with E-state index >= 15 is 0 Å². The van der Waals surface area contributed by atoms with Gasteiger partial charge >= 0.3 is 0 Å². The Morgan fingerprint density at radius 2 is 1.87 bits per heavy atom. The molecule has 1 unspecified atom stereocenters. The maximum Gasteiger partial charge on any atom is 0.279 e. The molecule has 1 aliphatic heterocycles. The second-order valence-electron chi connectivity index (χ2n) is 10.5. The Bertz CT molecular complexity index is 1430. The summed E-state index contributed by atoms with van der Waals surface area (Å²) in [7, 11) is 0. The molecule has 1 aliphatic rings. The van der Waals surface area contributed by atoms with Gasteiger partial charge in [-0.05, 0) is 35.2 Å². The molecule has 2 amide bonds. The number of carbonyl (C=O) groups excluding carboxylic acids is 2. The number of nitrogens with one attached hydrogen (secondary N) is 2. The van der Waals surface area contributed by atoms with Gasteiger partial charge in [0.05, 0.1) is 12.4 Å². The van der Waals surface area contributed by atoms with Gasteiger partial charge in [-0.25, -0.2) is 4.98 Å². The Hall–Kier alpha value is -4.50. The zero-order chi connectivity index (χ0) is 27.6. The highest BCUT2D eigenvalue weighted by atomic mass is 16.5. The van der Waals surface area contributed by atoms with E-state index in [1.807, 2.05) is 36.4 Å². The summed E-state index contributed by atoms with van der Waals surface area (Å²) in [6.07, 6.45) is 5.11. The third-order valence-electron chi connectivity index (χ3n) is 6.80. The molecule has 39 heavy (non-hydrogen) atoms. The fourth-order valence-electron chi connectivity index (χ4n) is 4.72. The Morgan fingerprint density at radius 1 is 1.10 bits per heavy atom. The number of ether oxygens (including phenoxy) is 1. The molecule has 0 aliphatic carbocycles. The summed E-state index contributed by atoms with van der Waals surface area (Å²) in [6.45, 7) is 6.36. The highest BCUT2D eigenvalue weighted by Gasteiger charge is 2.38. The molecule has 0 saturated carbocycles. The predicted molar refractivity (Wildman–Crippen MR) is 146 cm³/mol. The lowest BCUT2D eigenvalue weighted by Gasteiger charge is -2.35. The number of hydrogen-bond acceptors (Lipinski definition) is 6.